The Balaban J connectivity index is 2.12. The molecule has 0 bridgehead atoms. The minimum atomic E-state index is -0.471. The molecule has 0 aliphatic rings. The van der Waals surface area contributed by atoms with Crippen molar-refractivity contribution in [2.24, 2.45) is 0 Å². The molecular weight excluding hydrogens is 504 g/mol. The van der Waals surface area contributed by atoms with Crippen LogP contribution in [0.3, 0.4) is 0 Å². The number of esters is 2. The van der Waals surface area contributed by atoms with Crippen molar-refractivity contribution in [1.82, 2.24) is 9.55 Å². The van der Waals surface area contributed by atoms with Crippen molar-refractivity contribution in [3.8, 4) is 0 Å². The van der Waals surface area contributed by atoms with Crippen LogP contribution >= 0.6 is 39.0 Å². The number of carbonyl (C=O) groups excluding carboxylic acids is 2. The van der Waals surface area contributed by atoms with E-state index < -0.39 is 5.97 Å². The summed E-state index contributed by atoms with van der Waals surface area (Å²) in [5, 5.41) is 0.783. The van der Waals surface area contributed by atoms with Crippen LogP contribution in [0.15, 0.2) is 38.7 Å². The number of aromatic nitrogens is 2. The lowest BCUT2D eigenvalue weighted by Gasteiger charge is -2.12. The number of carbonyl (C=O) groups is 2. The quantitative estimate of drug-likeness (QED) is 0.245. The average molecular weight is 525 g/mol. The fourth-order valence-electron chi connectivity index (χ4n) is 2.98. The monoisotopic (exact) mass is 524 g/mol. The van der Waals surface area contributed by atoms with E-state index in [0.29, 0.717) is 25.8 Å². The number of nitrogens with zero attached hydrogens (tertiary/aromatic N) is 2. The molecule has 0 saturated carbocycles. The fraction of sp³-hybridized carbons (Fsp3) is 0.333. The lowest BCUT2D eigenvalue weighted by Crippen LogP contribution is -2.24. The second kappa shape index (κ2) is 10.4. The summed E-state index contributed by atoms with van der Waals surface area (Å²) in [4.78, 5) is 43.1. The second-order valence-electron chi connectivity index (χ2n) is 6.47. The summed E-state index contributed by atoms with van der Waals surface area (Å²) in [5.74, 6) is -0.827. The van der Waals surface area contributed by atoms with Crippen LogP contribution in [0.4, 0.5) is 0 Å². The number of ether oxygens (including phenoxy) is 2. The van der Waals surface area contributed by atoms with Crippen LogP contribution in [0.2, 0.25) is 0 Å². The van der Waals surface area contributed by atoms with Crippen LogP contribution in [0.25, 0.3) is 10.2 Å². The number of thioether (sulfide) groups is 1. The molecule has 0 amide bonds. The third-order valence-electron chi connectivity index (χ3n) is 4.33. The highest BCUT2D eigenvalue weighted by molar-refractivity contribution is 9.10. The lowest BCUT2D eigenvalue weighted by atomic mass is 10.2. The molecule has 0 spiro atoms. The standard InChI is InChI=1S/C21H21BrN2O5S2/c1-4-28-15(25)11-30-21-23-18-16(12(3)17(31-18)20(27)29-5-2)19(26)24(21)10-13-7-6-8-14(22)9-13/h6-9H,4-5,10-11H2,1-3H3. The molecule has 0 aliphatic heterocycles. The van der Waals surface area contributed by atoms with E-state index in [0.717, 1.165) is 33.1 Å². The second-order valence-corrected chi connectivity index (χ2v) is 9.32. The van der Waals surface area contributed by atoms with E-state index >= 15 is 0 Å². The third kappa shape index (κ3) is 5.36. The van der Waals surface area contributed by atoms with E-state index in [1.54, 1.807) is 20.8 Å². The number of hydrogen-bond acceptors (Lipinski definition) is 8. The summed E-state index contributed by atoms with van der Waals surface area (Å²) in [6, 6.07) is 7.61. The molecule has 0 fully saturated rings. The topological polar surface area (TPSA) is 87.5 Å². The van der Waals surface area contributed by atoms with Crippen molar-refractivity contribution >= 4 is 61.2 Å². The molecule has 2 heterocycles. The van der Waals surface area contributed by atoms with Crippen molar-refractivity contribution < 1.29 is 19.1 Å². The Bertz CT molecular complexity index is 1190. The van der Waals surface area contributed by atoms with Crippen molar-refractivity contribution in [2.75, 3.05) is 19.0 Å². The van der Waals surface area contributed by atoms with E-state index in [1.165, 1.54) is 4.57 Å². The molecular formula is C21H21BrN2O5S2. The Morgan fingerprint density at radius 1 is 1.23 bits per heavy atom. The summed E-state index contributed by atoms with van der Waals surface area (Å²) in [6.07, 6.45) is 0. The van der Waals surface area contributed by atoms with Gasteiger partial charge in [-0.3, -0.25) is 14.2 Å². The van der Waals surface area contributed by atoms with Crippen LogP contribution in [0, 0.1) is 6.92 Å². The first-order valence-electron chi connectivity index (χ1n) is 9.59. The molecule has 1 aromatic carbocycles. The van der Waals surface area contributed by atoms with E-state index in [-0.39, 0.29) is 37.0 Å². The van der Waals surface area contributed by atoms with Gasteiger partial charge in [0.25, 0.3) is 5.56 Å². The Kier molecular flexibility index (Phi) is 7.90. The first kappa shape index (κ1) is 23.5. The molecule has 164 valence electrons. The highest BCUT2D eigenvalue weighted by Gasteiger charge is 2.23. The summed E-state index contributed by atoms with van der Waals surface area (Å²) in [7, 11) is 0. The van der Waals surface area contributed by atoms with Gasteiger partial charge in [-0.1, -0.05) is 39.8 Å². The molecule has 0 aliphatic carbocycles. The van der Waals surface area contributed by atoms with E-state index in [4.69, 9.17) is 9.47 Å². The predicted molar refractivity (Wildman–Crippen MR) is 125 cm³/mol. The summed E-state index contributed by atoms with van der Waals surface area (Å²) in [6.45, 7) is 5.99. The maximum atomic E-state index is 13.5. The largest absolute Gasteiger partial charge is 0.465 e. The number of fused-ring (bicyclic) bond motifs is 1. The normalized spacial score (nSPS) is 11.0. The molecule has 0 radical (unpaired) electrons. The zero-order valence-corrected chi connectivity index (χ0v) is 20.5. The van der Waals surface area contributed by atoms with E-state index in [9.17, 15) is 14.4 Å². The zero-order valence-electron chi connectivity index (χ0n) is 17.3. The molecule has 2 aromatic heterocycles. The molecule has 0 saturated heterocycles. The van der Waals surface area contributed by atoms with Crippen LogP contribution in [-0.4, -0.2) is 40.5 Å². The van der Waals surface area contributed by atoms with Gasteiger partial charge in [-0.2, -0.15) is 0 Å². The lowest BCUT2D eigenvalue weighted by molar-refractivity contribution is -0.139. The number of hydrogen-bond donors (Lipinski definition) is 0. The molecule has 10 heteroatoms. The zero-order chi connectivity index (χ0) is 22.5. The van der Waals surface area contributed by atoms with Crippen LogP contribution in [-0.2, 0) is 20.8 Å². The van der Waals surface area contributed by atoms with Gasteiger partial charge >= 0.3 is 11.9 Å². The molecule has 7 nitrogen and oxygen atoms in total. The van der Waals surface area contributed by atoms with Crippen molar-refractivity contribution in [3.05, 3.63) is 55.1 Å². The fourth-order valence-corrected chi connectivity index (χ4v) is 5.34. The van der Waals surface area contributed by atoms with E-state index in [2.05, 4.69) is 20.9 Å². The van der Waals surface area contributed by atoms with Gasteiger partial charge in [0.05, 0.1) is 30.9 Å². The first-order chi connectivity index (χ1) is 14.8. The summed E-state index contributed by atoms with van der Waals surface area (Å²) >= 11 is 5.71. The smallest absolute Gasteiger partial charge is 0.348 e. The Morgan fingerprint density at radius 3 is 2.65 bits per heavy atom. The van der Waals surface area contributed by atoms with E-state index in [1.807, 2.05) is 24.3 Å². The Labute approximate surface area is 195 Å². The maximum absolute atomic E-state index is 13.5. The van der Waals surface area contributed by atoms with Crippen molar-refractivity contribution in [1.29, 1.82) is 0 Å². The summed E-state index contributed by atoms with van der Waals surface area (Å²) < 4.78 is 12.5. The molecule has 0 unspecified atom stereocenters. The van der Waals surface area contributed by atoms with Crippen LogP contribution < -0.4 is 5.56 Å². The number of thiophene rings is 1. The van der Waals surface area contributed by atoms with Gasteiger partial charge < -0.3 is 9.47 Å². The minimum Gasteiger partial charge on any atom is -0.465 e. The highest BCUT2D eigenvalue weighted by Crippen LogP contribution is 2.30. The molecule has 3 rings (SSSR count). The van der Waals surface area contributed by atoms with Gasteiger partial charge in [0, 0.05) is 4.47 Å². The molecule has 0 atom stereocenters. The van der Waals surface area contributed by atoms with Gasteiger partial charge in [-0.05, 0) is 44.0 Å². The van der Waals surface area contributed by atoms with Crippen molar-refractivity contribution in [3.63, 3.8) is 0 Å². The minimum absolute atomic E-state index is 0.0271. The highest BCUT2D eigenvalue weighted by atomic mass is 79.9. The van der Waals surface area contributed by atoms with Gasteiger partial charge in [0.15, 0.2) is 5.16 Å². The maximum Gasteiger partial charge on any atom is 0.348 e. The number of rotatable bonds is 8. The Hall–Kier alpha value is -2.17. The predicted octanol–water partition coefficient (Wildman–Crippen LogP) is 4.41. The third-order valence-corrected chi connectivity index (χ3v) is 6.94. The Morgan fingerprint density at radius 2 is 1.97 bits per heavy atom. The number of benzene rings is 1. The van der Waals surface area contributed by atoms with Gasteiger partial charge in [0.2, 0.25) is 0 Å². The first-order valence-corrected chi connectivity index (χ1v) is 12.2. The van der Waals surface area contributed by atoms with Gasteiger partial charge in [-0.25, -0.2) is 9.78 Å². The summed E-state index contributed by atoms with van der Waals surface area (Å²) in [5.41, 5.74) is 1.19. The van der Waals surface area contributed by atoms with Crippen LogP contribution in [0.5, 0.6) is 0 Å². The molecule has 0 N–H and O–H groups in total. The van der Waals surface area contributed by atoms with Crippen molar-refractivity contribution in [2.45, 2.75) is 32.5 Å². The molecule has 31 heavy (non-hydrogen) atoms. The van der Waals surface area contributed by atoms with Crippen LogP contribution in [0.1, 0.15) is 34.6 Å². The van der Waals surface area contributed by atoms with Gasteiger partial charge in [-0.15, -0.1) is 11.3 Å². The average Bonchev–Trinajstić information content (AvgIpc) is 3.06. The van der Waals surface area contributed by atoms with Gasteiger partial charge in [0.1, 0.15) is 9.71 Å². The molecule has 3 aromatic rings. The number of halogens is 1. The SMILES string of the molecule is CCOC(=O)CSc1nc2sc(C(=O)OCC)c(C)c2c(=O)n1Cc1cccc(Br)c1. The number of aryl methyl sites for hydroxylation is 1.